The summed E-state index contributed by atoms with van der Waals surface area (Å²) >= 11 is 0. The quantitative estimate of drug-likeness (QED) is 0.362. The Kier molecular flexibility index (Phi) is 3.93. The maximum atomic E-state index is 11.8. The number of esters is 1. The molecule has 0 unspecified atom stereocenters. The Hall–Kier alpha value is -2.21. The number of benzene rings is 1. The van der Waals surface area contributed by atoms with E-state index in [4.69, 9.17) is 9.47 Å². The fourth-order valence-electron chi connectivity index (χ4n) is 3.17. The van der Waals surface area contributed by atoms with Crippen molar-refractivity contribution < 1.29 is 23.8 Å². The second-order valence-corrected chi connectivity index (χ2v) is 6.07. The van der Waals surface area contributed by atoms with E-state index in [1.807, 2.05) is 26.0 Å². The third-order valence-corrected chi connectivity index (χ3v) is 4.06. The smallest absolute Gasteiger partial charge is 0.422 e. The Morgan fingerprint density at radius 2 is 1.91 bits per heavy atom. The molecule has 0 amide bonds. The monoisotopic (exact) mass is 317 g/mol. The molecule has 1 aromatic rings. The topological polar surface area (TPSA) is 84.4 Å². The lowest BCUT2D eigenvalue weighted by molar-refractivity contribution is -0.147. The minimum atomic E-state index is -0.687. The van der Waals surface area contributed by atoms with Crippen molar-refractivity contribution in [1.82, 2.24) is 0 Å². The maximum Gasteiger partial charge on any atom is 0.422 e. The van der Waals surface area contributed by atoms with Gasteiger partial charge in [0.15, 0.2) is 5.79 Å². The molecule has 2 aliphatic rings. The van der Waals surface area contributed by atoms with Crippen molar-refractivity contribution in [3.05, 3.63) is 35.4 Å². The first-order chi connectivity index (χ1) is 10.9. The van der Waals surface area contributed by atoms with Crippen molar-refractivity contribution >= 4 is 17.4 Å². The van der Waals surface area contributed by atoms with Gasteiger partial charge in [-0.25, -0.2) is 4.79 Å². The van der Waals surface area contributed by atoms with Crippen LogP contribution in [-0.2, 0) is 19.0 Å². The first kappa shape index (κ1) is 15.7. The van der Waals surface area contributed by atoms with Gasteiger partial charge in [-0.1, -0.05) is 12.1 Å². The third-order valence-electron chi connectivity index (χ3n) is 4.06. The molecule has 2 saturated heterocycles. The third kappa shape index (κ3) is 2.86. The highest BCUT2D eigenvalue weighted by Crippen LogP contribution is 2.35. The molecular weight excluding hydrogens is 298 g/mol. The highest BCUT2D eigenvalue weighted by atomic mass is 16.8. The van der Waals surface area contributed by atoms with Crippen LogP contribution in [-0.4, -0.2) is 54.7 Å². The van der Waals surface area contributed by atoms with E-state index in [9.17, 15) is 10.3 Å². The maximum absolute atomic E-state index is 11.8. The Balaban J connectivity index is 1.89. The molecule has 0 N–H and O–H groups in total. The van der Waals surface area contributed by atoms with Crippen LogP contribution in [0.3, 0.4) is 0 Å². The van der Waals surface area contributed by atoms with Gasteiger partial charge < -0.3 is 24.6 Å². The van der Waals surface area contributed by atoms with Crippen molar-refractivity contribution in [3.63, 3.8) is 0 Å². The van der Waals surface area contributed by atoms with Crippen LogP contribution in [0.4, 0.5) is 5.69 Å². The molecule has 0 saturated carbocycles. The number of nitrogens with zero attached hydrogens (tertiary/aromatic N) is 3. The number of carbonyl (C=O) groups excluding carboxylic acids is 1. The van der Waals surface area contributed by atoms with Crippen LogP contribution in [0.15, 0.2) is 24.3 Å². The summed E-state index contributed by atoms with van der Waals surface area (Å²) in [5.74, 6) is -1.25. The first-order valence-electron chi connectivity index (χ1n) is 7.45. The van der Waals surface area contributed by atoms with E-state index < -0.39 is 11.8 Å². The molecule has 0 radical (unpaired) electrons. The van der Waals surface area contributed by atoms with Gasteiger partial charge in [0.25, 0.3) is 0 Å². The van der Waals surface area contributed by atoms with Crippen molar-refractivity contribution in [2.24, 2.45) is 0 Å². The van der Waals surface area contributed by atoms with Crippen molar-refractivity contribution in [1.29, 1.82) is 0 Å². The second-order valence-electron chi connectivity index (χ2n) is 6.07. The van der Waals surface area contributed by atoms with E-state index in [0.717, 1.165) is 5.69 Å². The number of hydrogen-bond acceptors (Lipinski definition) is 5. The molecular formula is C16H19N3O4. The molecule has 0 aliphatic carbocycles. The zero-order valence-corrected chi connectivity index (χ0v) is 13.4. The van der Waals surface area contributed by atoms with Gasteiger partial charge in [-0.15, -0.1) is 0 Å². The van der Waals surface area contributed by atoms with E-state index >= 15 is 0 Å². The Morgan fingerprint density at radius 3 is 2.48 bits per heavy atom. The zero-order chi connectivity index (χ0) is 16.6. The standard InChI is InChI=1S/C16H19N3O4/c1-16(2)22-12-8-19(9-13(12)23-16)11-7-5-4-6-10(11)14(18-17)15(20)21-3/h4-7,12-13H,8-9H2,1-3H3/t12-,13+. The summed E-state index contributed by atoms with van der Waals surface area (Å²) in [4.78, 5) is 17.0. The number of rotatable bonds is 3. The predicted molar refractivity (Wildman–Crippen MR) is 82.2 cm³/mol. The molecule has 122 valence electrons. The minimum absolute atomic E-state index is 0.0225. The van der Waals surface area contributed by atoms with E-state index in [1.54, 1.807) is 12.1 Å². The molecule has 0 aromatic heterocycles. The molecule has 2 heterocycles. The lowest BCUT2D eigenvalue weighted by Crippen LogP contribution is -2.31. The number of fused-ring (bicyclic) bond motifs is 1. The average molecular weight is 317 g/mol. The molecule has 0 bridgehead atoms. The number of carbonyl (C=O) groups is 1. The number of ether oxygens (including phenoxy) is 3. The predicted octanol–water partition coefficient (Wildman–Crippen LogP) is 1.22. The van der Waals surface area contributed by atoms with Crippen molar-refractivity contribution in [2.75, 3.05) is 25.1 Å². The van der Waals surface area contributed by atoms with Crippen LogP contribution in [0.1, 0.15) is 19.4 Å². The van der Waals surface area contributed by atoms with Crippen LogP contribution in [0.5, 0.6) is 0 Å². The van der Waals surface area contributed by atoms with Gasteiger partial charge in [-0.2, -0.15) is 4.79 Å². The summed E-state index contributed by atoms with van der Waals surface area (Å²) in [6, 6.07) is 7.24. The van der Waals surface area contributed by atoms with E-state index in [2.05, 4.69) is 14.4 Å². The van der Waals surface area contributed by atoms with Gasteiger partial charge in [0.1, 0.15) is 12.2 Å². The molecule has 3 rings (SSSR count). The number of methoxy groups -OCH3 is 1. The molecule has 23 heavy (non-hydrogen) atoms. The molecule has 2 aliphatic heterocycles. The highest BCUT2D eigenvalue weighted by Gasteiger charge is 2.47. The van der Waals surface area contributed by atoms with Crippen molar-refractivity contribution in [2.45, 2.75) is 31.8 Å². The van der Waals surface area contributed by atoms with Crippen LogP contribution in [0.25, 0.3) is 5.53 Å². The van der Waals surface area contributed by atoms with Gasteiger partial charge in [0.2, 0.25) is 0 Å². The summed E-state index contributed by atoms with van der Waals surface area (Å²) in [6.45, 7) is 5.09. The van der Waals surface area contributed by atoms with Gasteiger partial charge in [-0.3, -0.25) is 0 Å². The van der Waals surface area contributed by atoms with E-state index in [1.165, 1.54) is 7.11 Å². The second kappa shape index (κ2) is 5.77. The fourth-order valence-corrected chi connectivity index (χ4v) is 3.17. The lowest BCUT2D eigenvalue weighted by atomic mass is 10.1. The lowest BCUT2D eigenvalue weighted by Gasteiger charge is -2.25. The van der Waals surface area contributed by atoms with Gasteiger partial charge in [0.05, 0.1) is 18.4 Å². The van der Waals surface area contributed by atoms with Gasteiger partial charge in [-0.05, 0) is 26.0 Å². The molecule has 0 spiro atoms. The van der Waals surface area contributed by atoms with Crippen LogP contribution < -0.4 is 4.90 Å². The summed E-state index contributed by atoms with van der Waals surface area (Å²) < 4.78 is 16.4. The normalized spacial score (nSPS) is 24.9. The summed E-state index contributed by atoms with van der Waals surface area (Å²) in [5, 5.41) is 0. The largest absolute Gasteiger partial charge is 0.460 e. The summed E-state index contributed by atoms with van der Waals surface area (Å²) in [6.07, 6.45) is -0.0450. The molecule has 1 aromatic carbocycles. The molecule has 2 atom stereocenters. The van der Waals surface area contributed by atoms with Crippen LogP contribution in [0.2, 0.25) is 0 Å². The number of hydrogen-bond donors (Lipinski definition) is 0. The van der Waals surface area contributed by atoms with Crippen LogP contribution >= 0.6 is 0 Å². The Bertz CT molecular complexity index is 666. The van der Waals surface area contributed by atoms with Gasteiger partial charge >= 0.3 is 11.7 Å². The fraction of sp³-hybridized carbons (Fsp3) is 0.500. The van der Waals surface area contributed by atoms with Crippen LogP contribution in [0, 0.1) is 0 Å². The van der Waals surface area contributed by atoms with E-state index in [0.29, 0.717) is 18.7 Å². The minimum Gasteiger partial charge on any atom is -0.460 e. The number of para-hydroxylation sites is 1. The SMILES string of the molecule is COC(=O)C(=[N+]=[N-])c1ccccc1N1C[C@@H]2OC(C)(C)O[C@@H]2C1. The number of anilines is 1. The zero-order valence-electron chi connectivity index (χ0n) is 13.4. The molecule has 7 nitrogen and oxygen atoms in total. The summed E-state index contributed by atoms with van der Waals surface area (Å²) in [7, 11) is 1.25. The summed E-state index contributed by atoms with van der Waals surface area (Å²) in [5.41, 5.74) is 10.4. The molecule has 2 fully saturated rings. The average Bonchev–Trinajstić information content (AvgIpc) is 3.01. The Labute approximate surface area is 134 Å². The van der Waals surface area contributed by atoms with Gasteiger partial charge in [0, 0.05) is 13.1 Å². The van der Waals surface area contributed by atoms with Crippen molar-refractivity contribution in [3.8, 4) is 0 Å². The molecule has 7 heteroatoms. The Morgan fingerprint density at radius 1 is 1.30 bits per heavy atom. The first-order valence-corrected chi connectivity index (χ1v) is 7.45. The highest BCUT2D eigenvalue weighted by molar-refractivity contribution is 6.42. The van der Waals surface area contributed by atoms with E-state index in [-0.39, 0.29) is 17.9 Å².